The number of nitrogens with zero attached hydrogens (tertiary/aromatic N) is 1. The van der Waals surface area contributed by atoms with Crippen molar-refractivity contribution in [3.63, 3.8) is 0 Å². The van der Waals surface area contributed by atoms with E-state index in [0.29, 0.717) is 18.7 Å². The summed E-state index contributed by atoms with van der Waals surface area (Å²) in [7, 11) is 1.66. The van der Waals surface area contributed by atoms with Crippen molar-refractivity contribution in [3.8, 4) is 0 Å². The Morgan fingerprint density at radius 1 is 1.24 bits per heavy atom. The van der Waals surface area contributed by atoms with Gasteiger partial charge in [0.05, 0.1) is 0 Å². The summed E-state index contributed by atoms with van der Waals surface area (Å²) in [5, 5.41) is 9.08. The van der Waals surface area contributed by atoms with Crippen LogP contribution in [0.4, 0.5) is 0 Å². The van der Waals surface area contributed by atoms with Gasteiger partial charge in [-0.25, -0.2) is 4.79 Å². The predicted octanol–water partition coefficient (Wildman–Crippen LogP) is 2.81. The molecule has 1 heterocycles. The molecule has 5 nitrogen and oxygen atoms in total. The third-order valence-electron chi connectivity index (χ3n) is 3.18. The summed E-state index contributed by atoms with van der Waals surface area (Å²) in [4.78, 5) is 24.9. The number of carboxylic acid groups (broad SMARTS) is 1. The average molecular weight is 287 g/mol. The van der Waals surface area contributed by atoms with Crippen LogP contribution in [0.15, 0.2) is 40.8 Å². The second kappa shape index (κ2) is 6.26. The molecule has 0 radical (unpaired) electrons. The topological polar surface area (TPSA) is 70.8 Å². The molecule has 21 heavy (non-hydrogen) atoms. The molecule has 2 aromatic rings. The van der Waals surface area contributed by atoms with Crippen LogP contribution >= 0.6 is 0 Å². The first-order valence-electron chi connectivity index (χ1n) is 6.68. The van der Waals surface area contributed by atoms with Gasteiger partial charge in [-0.05, 0) is 5.56 Å². The van der Waals surface area contributed by atoms with E-state index in [4.69, 9.17) is 9.52 Å². The largest absolute Gasteiger partial charge is 0.478 e. The lowest BCUT2D eigenvalue weighted by molar-refractivity contribution is 0.0693. The molecule has 1 N–H and O–H groups in total. The van der Waals surface area contributed by atoms with Crippen molar-refractivity contribution in [2.24, 2.45) is 0 Å². The molecule has 0 aliphatic heterocycles. The molecule has 0 saturated carbocycles. The normalized spacial score (nSPS) is 10.4. The highest BCUT2D eigenvalue weighted by molar-refractivity contribution is 5.96. The number of furan rings is 1. The van der Waals surface area contributed by atoms with Gasteiger partial charge in [-0.1, -0.05) is 37.3 Å². The first-order chi connectivity index (χ1) is 10.0. The lowest BCUT2D eigenvalue weighted by atomic mass is 10.2. The molecule has 0 aliphatic rings. The minimum Gasteiger partial charge on any atom is -0.478 e. The lowest BCUT2D eigenvalue weighted by Gasteiger charge is -2.15. The van der Waals surface area contributed by atoms with E-state index in [-0.39, 0.29) is 17.2 Å². The van der Waals surface area contributed by atoms with E-state index in [2.05, 4.69) is 0 Å². The van der Waals surface area contributed by atoms with Gasteiger partial charge in [0.2, 0.25) is 0 Å². The van der Waals surface area contributed by atoms with Gasteiger partial charge < -0.3 is 14.4 Å². The van der Waals surface area contributed by atoms with Crippen LogP contribution in [0, 0.1) is 0 Å². The number of carbonyl (C=O) groups excluding carboxylic acids is 1. The molecule has 2 rings (SSSR count). The molecule has 0 bridgehead atoms. The highest BCUT2D eigenvalue weighted by atomic mass is 16.4. The van der Waals surface area contributed by atoms with Crippen molar-refractivity contribution < 1.29 is 19.1 Å². The van der Waals surface area contributed by atoms with E-state index in [1.807, 2.05) is 30.3 Å². The van der Waals surface area contributed by atoms with E-state index in [9.17, 15) is 9.59 Å². The second-order valence-corrected chi connectivity index (χ2v) is 4.75. The molecule has 110 valence electrons. The fourth-order valence-corrected chi connectivity index (χ4v) is 2.09. The molecule has 0 fully saturated rings. The number of benzene rings is 1. The van der Waals surface area contributed by atoms with Crippen molar-refractivity contribution in [2.75, 3.05) is 7.05 Å². The van der Waals surface area contributed by atoms with E-state index in [0.717, 1.165) is 5.56 Å². The van der Waals surface area contributed by atoms with Crippen LogP contribution < -0.4 is 0 Å². The van der Waals surface area contributed by atoms with Crippen LogP contribution in [-0.2, 0) is 13.0 Å². The highest BCUT2D eigenvalue weighted by Gasteiger charge is 2.22. The van der Waals surface area contributed by atoms with Gasteiger partial charge in [-0.15, -0.1) is 0 Å². The van der Waals surface area contributed by atoms with Crippen molar-refractivity contribution in [2.45, 2.75) is 19.9 Å². The highest BCUT2D eigenvalue weighted by Crippen LogP contribution is 2.18. The van der Waals surface area contributed by atoms with Crippen molar-refractivity contribution in [1.29, 1.82) is 0 Å². The monoisotopic (exact) mass is 287 g/mol. The molecule has 5 heteroatoms. The zero-order valence-electron chi connectivity index (χ0n) is 12.0. The number of carbonyl (C=O) groups is 2. The van der Waals surface area contributed by atoms with Crippen LogP contribution in [-0.4, -0.2) is 28.9 Å². The Morgan fingerprint density at radius 2 is 1.90 bits per heavy atom. The Bertz CT molecular complexity index is 646. The predicted molar refractivity (Wildman–Crippen MR) is 77.3 cm³/mol. The first kappa shape index (κ1) is 14.8. The molecule has 0 saturated heterocycles. The maximum Gasteiger partial charge on any atom is 0.339 e. The third-order valence-corrected chi connectivity index (χ3v) is 3.18. The van der Waals surface area contributed by atoms with Crippen molar-refractivity contribution >= 4 is 11.9 Å². The number of rotatable bonds is 5. The smallest absolute Gasteiger partial charge is 0.339 e. The minimum absolute atomic E-state index is 0.0500. The number of amides is 1. The number of hydrogen-bond donors (Lipinski definition) is 1. The molecule has 0 aliphatic carbocycles. The standard InChI is InChI=1S/C16H17NO4/c1-3-13-12(16(19)20)9-14(21-13)15(18)17(2)10-11-7-5-4-6-8-11/h4-9H,3,10H2,1-2H3,(H,19,20). The van der Waals surface area contributed by atoms with Crippen LogP contribution in [0.5, 0.6) is 0 Å². The SMILES string of the molecule is CCc1oc(C(=O)N(C)Cc2ccccc2)cc1C(=O)O. The average Bonchev–Trinajstić information content (AvgIpc) is 2.92. The number of aromatic carboxylic acids is 1. The maximum atomic E-state index is 12.3. The van der Waals surface area contributed by atoms with E-state index >= 15 is 0 Å². The maximum absolute atomic E-state index is 12.3. The molecule has 1 aromatic carbocycles. The van der Waals surface area contributed by atoms with Gasteiger partial charge in [-0.3, -0.25) is 4.79 Å². The van der Waals surface area contributed by atoms with Gasteiger partial charge >= 0.3 is 5.97 Å². The Hall–Kier alpha value is -2.56. The van der Waals surface area contributed by atoms with E-state index < -0.39 is 5.97 Å². The summed E-state index contributed by atoms with van der Waals surface area (Å²) in [5.74, 6) is -1.04. The zero-order valence-corrected chi connectivity index (χ0v) is 12.0. The van der Waals surface area contributed by atoms with Gasteiger partial charge in [0.15, 0.2) is 5.76 Å². The van der Waals surface area contributed by atoms with Gasteiger partial charge in [0.25, 0.3) is 5.91 Å². The lowest BCUT2D eigenvalue weighted by Crippen LogP contribution is -2.25. The summed E-state index contributed by atoms with van der Waals surface area (Å²) in [6.07, 6.45) is 0.428. The molecule has 0 spiro atoms. The molecular weight excluding hydrogens is 270 g/mol. The molecular formula is C16H17NO4. The zero-order chi connectivity index (χ0) is 15.4. The quantitative estimate of drug-likeness (QED) is 0.918. The Balaban J connectivity index is 2.18. The molecule has 1 amide bonds. The van der Waals surface area contributed by atoms with E-state index in [1.54, 1.807) is 14.0 Å². The van der Waals surface area contributed by atoms with Gasteiger partial charge in [0.1, 0.15) is 11.3 Å². The van der Waals surface area contributed by atoms with Crippen LogP contribution in [0.2, 0.25) is 0 Å². The van der Waals surface area contributed by atoms with Crippen molar-refractivity contribution in [1.82, 2.24) is 4.90 Å². The number of aryl methyl sites for hydroxylation is 1. The Kier molecular flexibility index (Phi) is 4.42. The number of carboxylic acids is 1. The van der Waals surface area contributed by atoms with Crippen LogP contribution in [0.3, 0.4) is 0 Å². The van der Waals surface area contributed by atoms with Gasteiger partial charge in [-0.2, -0.15) is 0 Å². The van der Waals surface area contributed by atoms with Crippen molar-refractivity contribution in [3.05, 3.63) is 59.0 Å². The summed E-state index contributed by atoms with van der Waals surface area (Å²) >= 11 is 0. The number of hydrogen-bond acceptors (Lipinski definition) is 3. The summed E-state index contributed by atoms with van der Waals surface area (Å²) in [6.45, 7) is 2.22. The third kappa shape index (κ3) is 3.31. The minimum atomic E-state index is -1.08. The molecule has 0 atom stereocenters. The molecule has 0 unspecified atom stereocenters. The summed E-state index contributed by atoms with van der Waals surface area (Å²) in [5.41, 5.74) is 1.04. The first-order valence-corrected chi connectivity index (χ1v) is 6.68. The molecule has 1 aromatic heterocycles. The van der Waals surface area contributed by atoms with Crippen LogP contribution in [0.1, 0.15) is 39.2 Å². The summed E-state index contributed by atoms with van der Waals surface area (Å²) < 4.78 is 5.37. The second-order valence-electron chi connectivity index (χ2n) is 4.75. The van der Waals surface area contributed by atoms with E-state index in [1.165, 1.54) is 11.0 Å². The fourth-order valence-electron chi connectivity index (χ4n) is 2.09. The fraction of sp³-hybridized carbons (Fsp3) is 0.250. The Morgan fingerprint density at radius 3 is 2.43 bits per heavy atom. The Labute approximate surface area is 122 Å². The van der Waals surface area contributed by atoms with Crippen LogP contribution in [0.25, 0.3) is 0 Å². The van der Waals surface area contributed by atoms with Gasteiger partial charge in [0, 0.05) is 26.1 Å². The summed E-state index contributed by atoms with van der Waals surface area (Å²) in [6, 6.07) is 10.9.